The Morgan fingerprint density at radius 1 is 1.10 bits per heavy atom. The highest BCUT2D eigenvalue weighted by molar-refractivity contribution is 9.10. The van der Waals surface area contributed by atoms with Crippen LogP contribution in [0.25, 0.3) is 0 Å². The predicted octanol–water partition coefficient (Wildman–Crippen LogP) is 4.11. The molecular formula is C17H20BrNO2. The van der Waals surface area contributed by atoms with Crippen LogP contribution >= 0.6 is 15.9 Å². The number of ether oxygens (including phenoxy) is 2. The standard InChI is InChI=1S/C17H20BrNO2/c1-2-19-11-15-10-16(18)8-9-17(15)21-13-20-12-14-6-4-3-5-7-14/h3-10,19H,2,11-13H2,1H3. The first-order valence-electron chi connectivity index (χ1n) is 7.03. The summed E-state index contributed by atoms with van der Waals surface area (Å²) in [5.41, 5.74) is 2.26. The Labute approximate surface area is 134 Å². The Morgan fingerprint density at radius 2 is 1.90 bits per heavy atom. The molecule has 2 aromatic carbocycles. The maximum atomic E-state index is 5.73. The largest absolute Gasteiger partial charge is 0.467 e. The first-order chi connectivity index (χ1) is 10.3. The summed E-state index contributed by atoms with van der Waals surface area (Å²) in [6, 6.07) is 16.1. The Hall–Kier alpha value is -1.36. The Bertz CT molecular complexity index is 546. The molecule has 0 saturated carbocycles. The SMILES string of the molecule is CCNCc1cc(Br)ccc1OCOCc1ccccc1. The molecule has 0 aliphatic heterocycles. The molecule has 0 spiro atoms. The van der Waals surface area contributed by atoms with Gasteiger partial charge >= 0.3 is 0 Å². The fraction of sp³-hybridized carbons (Fsp3) is 0.294. The van der Waals surface area contributed by atoms with Gasteiger partial charge in [-0.3, -0.25) is 0 Å². The van der Waals surface area contributed by atoms with Crippen molar-refractivity contribution >= 4 is 15.9 Å². The van der Waals surface area contributed by atoms with Crippen LogP contribution in [0.15, 0.2) is 53.0 Å². The van der Waals surface area contributed by atoms with Crippen molar-refractivity contribution in [1.29, 1.82) is 0 Å². The highest BCUT2D eigenvalue weighted by Crippen LogP contribution is 2.23. The average molecular weight is 350 g/mol. The van der Waals surface area contributed by atoms with Gasteiger partial charge in [-0.05, 0) is 30.3 Å². The van der Waals surface area contributed by atoms with Crippen LogP contribution in [0.1, 0.15) is 18.1 Å². The van der Waals surface area contributed by atoms with E-state index in [1.165, 1.54) is 0 Å². The molecule has 0 bridgehead atoms. The Kier molecular flexibility index (Phi) is 6.73. The Balaban J connectivity index is 1.84. The molecule has 0 radical (unpaired) electrons. The monoisotopic (exact) mass is 349 g/mol. The topological polar surface area (TPSA) is 30.5 Å². The molecule has 0 aliphatic carbocycles. The van der Waals surface area contributed by atoms with Crippen molar-refractivity contribution in [3.8, 4) is 5.75 Å². The molecule has 0 unspecified atom stereocenters. The van der Waals surface area contributed by atoms with Crippen molar-refractivity contribution in [2.45, 2.75) is 20.1 Å². The van der Waals surface area contributed by atoms with E-state index in [1.807, 2.05) is 42.5 Å². The van der Waals surface area contributed by atoms with Gasteiger partial charge in [0.2, 0.25) is 0 Å². The van der Waals surface area contributed by atoms with Crippen molar-refractivity contribution in [3.05, 3.63) is 64.1 Å². The van der Waals surface area contributed by atoms with Gasteiger partial charge < -0.3 is 14.8 Å². The van der Waals surface area contributed by atoms with E-state index in [1.54, 1.807) is 0 Å². The zero-order chi connectivity index (χ0) is 14.9. The van der Waals surface area contributed by atoms with Crippen molar-refractivity contribution in [3.63, 3.8) is 0 Å². The van der Waals surface area contributed by atoms with Crippen LogP contribution < -0.4 is 10.1 Å². The molecule has 2 rings (SSSR count). The minimum absolute atomic E-state index is 0.246. The number of halogens is 1. The van der Waals surface area contributed by atoms with Crippen LogP contribution in [0, 0.1) is 0 Å². The van der Waals surface area contributed by atoms with Gasteiger partial charge in [0, 0.05) is 16.6 Å². The average Bonchev–Trinajstić information content (AvgIpc) is 2.52. The van der Waals surface area contributed by atoms with Crippen LogP contribution in [-0.4, -0.2) is 13.3 Å². The number of benzene rings is 2. The third-order valence-corrected chi connectivity index (χ3v) is 3.49. The van der Waals surface area contributed by atoms with E-state index in [2.05, 4.69) is 34.2 Å². The summed E-state index contributed by atoms with van der Waals surface area (Å²) >= 11 is 3.49. The molecule has 0 aliphatic rings. The molecular weight excluding hydrogens is 330 g/mol. The second-order valence-corrected chi connectivity index (χ2v) is 5.54. The summed E-state index contributed by atoms with van der Waals surface area (Å²) in [5, 5.41) is 3.31. The fourth-order valence-electron chi connectivity index (χ4n) is 1.93. The Morgan fingerprint density at radius 3 is 2.67 bits per heavy atom. The van der Waals surface area contributed by atoms with E-state index in [-0.39, 0.29) is 6.79 Å². The lowest BCUT2D eigenvalue weighted by Crippen LogP contribution is -2.13. The third kappa shape index (κ3) is 5.50. The predicted molar refractivity (Wildman–Crippen MR) is 88.2 cm³/mol. The number of nitrogens with one attached hydrogen (secondary N) is 1. The summed E-state index contributed by atoms with van der Waals surface area (Å²) in [5.74, 6) is 0.854. The van der Waals surface area contributed by atoms with Crippen molar-refractivity contribution in [2.24, 2.45) is 0 Å². The molecule has 2 aromatic rings. The van der Waals surface area contributed by atoms with Crippen LogP contribution in [-0.2, 0) is 17.9 Å². The van der Waals surface area contributed by atoms with Gasteiger partial charge in [-0.25, -0.2) is 0 Å². The third-order valence-electron chi connectivity index (χ3n) is 3.00. The van der Waals surface area contributed by atoms with Gasteiger partial charge in [-0.2, -0.15) is 0 Å². The van der Waals surface area contributed by atoms with E-state index in [0.717, 1.165) is 34.4 Å². The van der Waals surface area contributed by atoms with Crippen molar-refractivity contribution in [2.75, 3.05) is 13.3 Å². The van der Waals surface area contributed by atoms with Crippen LogP contribution in [0.5, 0.6) is 5.75 Å². The maximum absolute atomic E-state index is 5.73. The highest BCUT2D eigenvalue weighted by atomic mass is 79.9. The smallest absolute Gasteiger partial charge is 0.189 e. The molecule has 1 N–H and O–H groups in total. The van der Waals surface area contributed by atoms with Gasteiger partial charge in [-0.15, -0.1) is 0 Å². The second kappa shape index (κ2) is 8.82. The molecule has 4 heteroatoms. The van der Waals surface area contributed by atoms with Gasteiger partial charge in [0.25, 0.3) is 0 Å². The molecule has 0 amide bonds. The molecule has 3 nitrogen and oxygen atoms in total. The molecule has 21 heavy (non-hydrogen) atoms. The van der Waals surface area contributed by atoms with Crippen LogP contribution in [0.3, 0.4) is 0 Å². The lowest BCUT2D eigenvalue weighted by molar-refractivity contribution is 0.00449. The summed E-state index contributed by atoms with van der Waals surface area (Å²) in [6.07, 6.45) is 0. The fourth-order valence-corrected chi connectivity index (χ4v) is 2.33. The van der Waals surface area contributed by atoms with Crippen LogP contribution in [0.4, 0.5) is 0 Å². The summed E-state index contributed by atoms with van der Waals surface area (Å²) in [4.78, 5) is 0. The molecule has 0 fully saturated rings. The zero-order valence-electron chi connectivity index (χ0n) is 12.1. The lowest BCUT2D eigenvalue weighted by atomic mass is 10.2. The van der Waals surface area contributed by atoms with Gasteiger partial charge in [0.15, 0.2) is 6.79 Å². The summed E-state index contributed by atoms with van der Waals surface area (Å²) in [6.45, 7) is 4.59. The summed E-state index contributed by atoms with van der Waals surface area (Å²) < 4.78 is 12.3. The van der Waals surface area contributed by atoms with Crippen LogP contribution in [0.2, 0.25) is 0 Å². The minimum Gasteiger partial charge on any atom is -0.467 e. The minimum atomic E-state index is 0.246. The van der Waals surface area contributed by atoms with E-state index in [4.69, 9.17) is 9.47 Å². The first-order valence-corrected chi connectivity index (χ1v) is 7.82. The zero-order valence-corrected chi connectivity index (χ0v) is 13.7. The highest BCUT2D eigenvalue weighted by Gasteiger charge is 2.04. The van der Waals surface area contributed by atoms with Gasteiger partial charge in [0.05, 0.1) is 6.61 Å². The van der Waals surface area contributed by atoms with E-state index in [9.17, 15) is 0 Å². The maximum Gasteiger partial charge on any atom is 0.189 e. The lowest BCUT2D eigenvalue weighted by Gasteiger charge is -2.12. The number of hydrogen-bond acceptors (Lipinski definition) is 3. The molecule has 0 heterocycles. The van der Waals surface area contributed by atoms with Crippen molar-refractivity contribution < 1.29 is 9.47 Å². The van der Waals surface area contributed by atoms with E-state index in [0.29, 0.717) is 6.61 Å². The van der Waals surface area contributed by atoms with Crippen molar-refractivity contribution in [1.82, 2.24) is 5.32 Å². The van der Waals surface area contributed by atoms with E-state index >= 15 is 0 Å². The second-order valence-electron chi connectivity index (χ2n) is 4.63. The quantitative estimate of drug-likeness (QED) is 0.574. The van der Waals surface area contributed by atoms with E-state index < -0.39 is 0 Å². The molecule has 0 aromatic heterocycles. The normalized spacial score (nSPS) is 10.6. The number of hydrogen-bond donors (Lipinski definition) is 1. The van der Waals surface area contributed by atoms with Gasteiger partial charge in [-0.1, -0.05) is 53.2 Å². The number of rotatable bonds is 8. The molecule has 112 valence electrons. The van der Waals surface area contributed by atoms with Gasteiger partial charge in [0.1, 0.15) is 5.75 Å². The summed E-state index contributed by atoms with van der Waals surface area (Å²) in [7, 11) is 0. The molecule has 0 saturated heterocycles. The first kappa shape index (κ1) is 16.0. The molecule has 0 atom stereocenters.